The second kappa shape index (κ2) is 13.0. The Bertz CT molecular complexity index is 1920. The number of imidazole rings is 1. The maximum atomic E-state index is 13.8. The number of fused-ring (bicyclic) bond motifs is 1. The Morgan fingerprint density at radius 2 is 1.89 bits per heavy atom. The number of aliphatic hydroxyl groups excluding tert-OH is 1. The Morgan fingerprint density at radius 3 is 2.67 bits per heavy atom. The van der Waals surface area contributed by atoms with Gasteiger partial charge < -0.3 is 9.84 Å². The van der Waals surface area contributed by atoms with Crippen LogP contribution in [0.2, 0.25) is 5.02 Å². The fourth-order valence-corrected chi connectivity index (χ4v) is 7.09. The normalized spacial score (nSPS) is 16.3. The summed E-state index contributed by atoms with van der Waals surface area (Å²) < 4.78 is 8.36. The lowest BCUT2D eigenvalue weighted by Crippen LogP contribution is -2.29. The molecule has 6 rings (SSSR count). The van der Waals surface area contributed by atoms with E-state index in [0.29, 0.717) is 56.0 Å². The molecule has 2 aromatic carbocycles. The number of ketones is 1. The monoisotopic (exact) mass is 659 g/mol. The van der Waals surface area contributed by atoms with Gasteiger partial charge >= 0.3 is 5.91 Å². The first-order chi connectivity index (χ1) is 21.7. The largest absolute Gasteiger partial charge is 0.505 e. The van der Waals surface area contributed by atoms with Crippen molar-refractivity contribution in [3.8, 4) is 5.75 Å². The molecule has 1 N–H and O–H groups in total. The van der Waals surface area contributed by atoms with Crippen LogP contribution in [0.4, 0.5) is 5.13 Å². The van der Waals surface area contributed by atoms with Crippen LogP contribution in [0.3, 0.4) is 0 Å². The quantitative estimate of drug-likeness (QED) is 0.0540. The van der Waals surface area contributed by atoms with Crippen molar-refractivity contribution < 1.29 is 19.4 Å². The number of amides is 1. The van der Waals surface area contributed by atoms with Crippen molar-refractivity contribution >= 4 is 62.9 Å². The van der Waals surface area contributed by atoms with Crippen LogP contribution in [0.25, 0.3) is 11.4 Å². The molecule has 0 aliphatic carbocycles. The zero-order chi connectivity index (χ0) is 31.7. The van der Waals surface area contributed by atoms with Crippen LogP contribution in [0, 0.1) is 12.8 Å². The number of pyridine rings is 1. The summed E-state index contributed by atoms with van der Waals surface area (Å²) in [5.74, 6) is -0.245. The first kappa shape index (κ1) is 30.8. The van der Waals surface area contributed by atoms with Gasteiger partial charge in [0.05, 0.1) is 23.9 Å². The molecule has 0 spiro atoms. The molecule has 1 aliphatic rings. The van der Waals surface area contributed by atoms with E-state index in [1.807, 2.05) is 60.7 Å². The van der Waals surface area contributed by atoms with E-state index in [9.17, 15) is 14.7 Å². The standard InChI is InChI=1S/C33H30ClN5O4S2/c1-19(2)14-16-43-24-8-6-7-22(17-24)28-26(29(40)27-20(3)35-25-9-4-5-15-38(25)27)30(41)31(42)39(28)32-36-37-33(45-32)44-18-21-10-12-23(34)13-11-21/h4-13,15,17,19,28,40H,14,16,18H2,1-3H3/b29-26+. The van der Waals surface area contributed by atoms with Gasteiger partial charge in [-0.05, 0) is 66.8 Å². The number of rotatable bonds is 10. The lowest BCUT2D eigenvalue weighted by atomic mass is 9.96. The second-order valence-electron chi connectivity index (χ2n) is 11.0. The number of carbonyl (C=O) groups excluding carboxylic acids is 2. The summed E-state index contributed by atoms with van der Waals surface area (Å²) in [6.07, 6.45) is 2.63. The predicted molar refractivity (Wildman–Crippen MR) is 177 cm³/mol. The van der Waals surface area contributed by atoms with Crippen LogP contribution in [0.15, 0.2) is 82.8 Å². The Morgan fingerprint density at radius 1 is 1.09 bits per heavy atom. The third-order valence-corrected chi connectivity index (χ3v) is 9.77. The van der Waals surface area contributed by atoms with Crippen LogP contribution in [-0.4, -0.2) is 43.0 Å². The van der Waals surface area contributed by atoms with Gasteiger partial charge in [0.1, 0.15) is 17.1 Å². The van der Waals surface area contributed by atoms with Gasteiger partial charge in [0, 0.05) is 17.0 Å². The van der Waals surface area contributed by atoms with E-state index in [2.05, 4.69) is 29.0 Å². The van der Waals surface area contributed by atoms with E-state index in [0.717, 1.165) is 12.0 Å². The van der Waals surface area contributed by atoms with Crippen molar-refractivity contribution in [1.29, 1.82) is 0 Å². The number of benzene rings is 2. The lowest BCUT2D eigenvalue weighted by Gasteiger charge is -2.23. The number of Topliss-reactive ketones (excluding diaryl/α,β-unsaturated/α-hetero) is 1. The summed E-state index contributed by atoms with van der Waals surface area (Å²) in [5, 5.41) is 21.4. The highest BCUT2D eigenvalue weighted by Gasteiger charge is 2.49. The molecule has 4 heterocycles. The number of aryl methyl sites for hydroxylation is 1. The van der Waals surface area contributed by atoms with Crippen molar-refractivity contribution in [3.05, 3.63) is 106 Å². The van der Waals surface area contributed by atoms with Crippen LogP contribution < -0.4 is 9.64 Å². The topological polar surface area (TPSA) is 110 Å². The minimum Gasteiger partial charge on any atom is -0.505 e. The van der Waals surface area contributed by atoms with E-state index < -0.39 is 17.7 Å². The van der Waals surface area contributed by atoms with E-state index in [4.69, 9.17) is 16.3 Å². The molecule has 9 nitrogen and oxygen atoms in total. The Kier molecular flexibility index (Phi) is 8.93. The Hall–Kier alpha value is -4.19. The molecular weight excluding hydrogens is 630 g/mol. The van der Waals surface area contributed by atoms with Gasteiger partial charge in [0.25, 0.3) is 5.78 Å². The molecule has 45 heavy (non-hydrogen) atoms. The molecule has 1 saturated heterocycles. The predicted octanol–water partition coefficient (Wildman–Crippen LogP) is 7.49. The number of ether oxygens (including phenoxy) is 1. The van der Waals surface area contributed by atoms with Crippen LogP contribution in [0.1, 0.15) is 48.8 Å². The molecule has 0 radical (unpaired) electrons. The van der Waals surface area contributed by atoms with Crippen molar-refractivity contribution in [3.63, 3.8) is 0 Å². The third kappa shape index (κ3) is 6.33. The fraction of sp³-hybridized carbons (Fsp3) is 0.242. The number of aliphatic hydroxyl groups is 1. The minimum absolute atomic E-state index is 0.0568. The highest BCUT2D eigenvalue weighted by atomic mass is 35.5. The summed E-state index contributed by atoms with van der Waals surface area (Å²) in [5.41, 5.74) is 3.06. The number of thioether (sulfide) groups is 1. The average Bonchev–Trinajstić information content (AvgIpc) is 3.70. The van der Waals surface area contributed by atoms with Crippen LogP contribution in [0.5, 0.6) is 5.75 Å². The zero-order valence-electron chi connectivity index (χ0n) is 24.8. The van der Waals surface area contributed by atoms with E-state index in [1.54, 1.807) is 23.6 Å². The third-order valence-electron chi connectivity index (χ3n) is 7.39. The lowest BCUT2D eigenvalue weighted by molar-refractivity contribution is -0.132. The number of hydrogen-bond acceptors (Lipinski definition) is 9. The Balaban J connectivity index is 1.42. The van der Waals surface area contributed by atoms with Gasteiger partial charge in [-0.1, -0.05) is 78.9 Å². The smallest absolute Gasteiger partial charge is 0.301 e. The van der Waals surface area contributed by atoms with E-state index in [1.165, 1.54) is 28.0 Å². The SMILES string of the molecule is Cc1nc2ccccn2c1/C(O)=C1\C(=O)C(=O)N(c2nnc(SCc3ccc(Cl)cc3)s2)C1c1cccc(OCCC(C)C)c1. The van der Waals surface area contributed by atoms with E-state index >= 15 is 0 Å². The minimum atomic E-state index is -0.977. The average molecular weight is 660 g/mol. The second-order valence-corrected chi connectivity index (χ2v) is 13.6. The molecular formula is C33H30ClN5O4S2. The van der Waals surface area contributed by atoms with Gasteiger partial charge in [0.15, 0.2) is 10.1 Å². The number of anilines is 1. The highest BCUT2D eigenvalue weighted by Crippen LogP contribution is 2.45. The summed E-state index contributed by atoms with van der Waals surface area (Å²) in [6, 6.07) is 19.3. The Labute approximate surface area is 273 Å². The number of carbonyl (C=O) groups is 2. The van der Waals surface area contributed by atoms with Gasteiger partial charge in [-0.2, -0.15) is 0 Å². The fourth-order valence-electron chi connectivity index (χ4n) is 5.14. The number of aromatic nitrogens is 4. The summed E-state index contributed by atoms with van der Waals surface area (Å²) >= 11 is 8.69. The molecule has 12 heteroatoms. The van der Waals surface area contributed by atoms with Gasteiger partial charge in [-0.25, -0.2) is 4.98 Å². The van der Waals surface area contributed by atoms with Gasteiger partial charge in [-0.3, -0.25) is 18.9 Å². The number of nitrogens with zero attached hydrogens (tertiary/aromatic N) is 5. The highest BCUT2D eigenvalue weighted by molar-refractivity contribution is 8.00. The van der Waals surface area contributed by atoms with E-state index in [-0.39, 0.29) is 16.5 Å². The molecule has 1 atom stereocenters. The molecule has 1 fully saturated rings. The molecule has 5 aromatic rings. The first-order valence-electron chi connectivity index (χ1n) is 14.4. The van der Waals surface area contributed by atoms with Crippen LogP contribution >= 0.6 is 34.7 Å². The maximum absolute atomic E-state index is 13.8. The molecule has 1 unspecified atom stereocenters. The molecule has 3 aromatic heterocycles. The van der Waals surface area contributed by atoms with Gasteiger partial charge in [0.2, 0.25) is 5.13 Å². The summed E-state index contributed by atoms with van der Waals surface area (Å²) in [6.45, 7) is 6.52. The summed E-state index contributed by atoms with van der Waals surface area (Å²) in [4.78, 5) is 33.4. The maximum Gasteiger partial charge on any atom is 0.301 e. The molecule has 0 saturated carbocycles. The molecule has 230 valence electrons. The van der Waals surface area contributed by atoms with Crippen LogP contribution in [-0.2, 0) is 15.3 Å². The molecule has 0 bridgehead atoms. The van der Waals surface area contributed by atoms with Gasteiger partial charge in [-0.15, -0.1) is 10.2 Å². The first-order valence-corrected chi connectivity index (χ1v) is 16.6. The van der Waals surface area contributed by atoms with Crippen molar-refractivity contribution in [2.75, 3.05) is 11.5 Å². The molecule has 1 amide bonds. The number of halogens is 1. The number of hydrogen-bond donors (Lipinski definition) is 1. The zero-order valence-corrected chi connectivity index (χ0v) is 27.2. The summed E-state index contributed by atoms with van der Waals surface area (Å²) in [7, 11) is 0. The molecule has 1 aliphatic heterocycles. The van der Waals surface area contributed by atoms with Crippen molar-refractivity contribution in [2.24, 2.45) is 5.92 Å². The van der Waals surface area contributed by atoms with Crippen molar-refractivity contribution in [2.45, 2.75) is 43.3 Å². The van der Waals surface area contributed by atoms with Crippen molar-refractivity contribution in [1.82, 2.24) is 19.6 Å².